The molecular weight excluding hydrogens is 677 g/mol. The smallest absolute Gasteiger partial charge is 0.338 e. The average Bonchev–Trinajstić information content (AvgIpc) is 3.71. The molecule has 0 spiro atoms. The van der Waals surface area contributed by atoms with E-state index in [0.717, 1.165) is 56.1 Å². The molecule has 8 nitrogen and oxygen atoms in total. The number of benzene rings is 5. The molecule has 0 saturated carbocycles. The van der Waals surface area contributed by atoms with Crippen molar-refractivity contribution in [3.05, 3.63) is 179 Å². The highest BCUT2D eigenvalue weighted by atomic mass is 32.1. The highest BCUT2D eigenvalue weighted by molar-refractivity contribution is 7.80. The number of allylic oxidation sites excluding steroid dienone is 1. The van der Waals surface area contributed by atoms with Crippen LogP contribution in [-0.4, -0.2) is 46.6 Å². The van der Waals surface area contributed by atoms with Crippen molar-refractivity contribution in [2.45, 2.75) is 46.1 Å². The number of hydrogen-bond donors (Lipinski definition) is 0. The SMILES string of the molecule is CCOC(=O)C1=C(C)N(Cn2c(Cc3ccccc3)nc3ccccc32)C(=S)N(Cn2c(Cc3ccccc3)nc3ccccc32)C1c1ccccc1. The number of rotatable bonds is 11. The number of imidazole rings is 2. The number of thiocarbonyl (C=S) groups is 1. The van der Waals surface area contributed by atoms with E-state index in [9.17, 15) is 4.79 Å². The Hall–Kier alpha value is -6.06. The van der Waals surface area contributed by atoms with Crippen LogP contribution < -0.4 is 0 Å². The number of hydrogen-bond acceptors (Lipinski definition) is 5. The number of carbonyl (C=O) groups excluding carboxylic acids is 1. The Morgan fingerprint density at radius 3 is 1.66 bits per heavy atom. The van der Waals surface area contributed by atoms with Gasteiger partial charge in [-0.05, 0) is 67.0 Å². The molecule has 5 aromatic carbocycles. The van der Waals surface area contributed by atoms with Crippen LogP contribution in [0.5, 0.6) is 0 Å². The van der Waals surface area contributed by atoms with Crippen molar-refractivity contribution in [3.8, 4) is 0 Å². The predicted octanol–water partition coefficient (Wildman–Crippen LogP) is 8.66. The summed E-state index contributed by atoms with van der Waals surface area (Å²) in [6, 6.07) is 46.7. The second kappa shape index (κ2) is 14.9. The number of aromatic nitrogens is 4. The molecule has 8 rings (SSSR count). The molecule has 0 N–H and O–H groups in total. The Labute approximate surface area is 314 Å². The van der Waals surface area contributed by atoms with Gasteiger partial charge in [0.2, 0.25) is 0 Å². The van der Waals surface area contributed by atoms with Gasteiger partial charge in [-0.15, -0.1) is 0 Å². The van der Waals surface area contributed by atoms with E-state index in [1.54, 1.807) is 0 Å². The fraction of sp³-hybridized carbons (Fsp3) is 0.182. The number of nitrogens with zero attached hydrogens (tertiary/aromatic N) is 6. The summed E-state index contributed by atoms with van der Waals surface area (Å²) < 4.78 is 10.3. The van der Waals surface area contributed by atoms with Crippen molar-refractivity contribution in [2.24, 2.45) is 0 Å². The maximum absolute atomic E-state index is 14.2. The van der Waals surface area contributed by atoms with Gasteiger partial charge in [-0.3, -0.25) is 0 Å². The minimum Gasteiger partial charge on any atom is -0.463 e. The lowest BCUT2D eigenvalue weighted by Gasteiger charge is -2.45. The lowest BCUT2D eigenvalue weighted by molar-refractivity contribution is -0.139. The standard InChI is InChI=1S/C44H40N6O2S/c1-3-52-43(51)41-31(2)47(29-48-37-25-15-13-23-35(37)45-39(48)27-32-17-7-4-8-18-32)44(53)50(42(41)34-21-11-6-12-22-34)30-49-38-26-16-14-24-36(38)46-40(49)28-33-19-9-5-10-20-33/h4-26,42H,3,27-30H2,1-2H3. The third-order valence-electron chi connectivity index (χ3n) is 9.92. The zero-order valence-corrected chi connectivity index (χ0v) is 30.6. The van der Waals surface area contributed by atoms with E-state index in [2.05, 4.69) is 79.6 Å². The minimum absolute atomic E-state index is 0.252. The van der Waals surface area contributed by atoms with Crippen LogP contribution in [0.1, 0.15) is 48.2 Å². The van der Waals surface area contributed by atoms with Gasteiger partial charge in [0, 0.05) is 18.5 Å². The summed E-state index contributed by atoms with van der Waals surface area (Å²) in [6.07, 6.45) is 1.28. The van der Waals surface area contributed by atoms with Gasteiger partial charge in [-0.2, -0.15) is 0 Å². The first-order chi connectivity index (χ1) is 26.0. The van der Waals surface area contributed by atoms with E-state index in [-0.39, 0.29) is 12.6 Å². The third-order valence-corrected chi connectivity index (χ3v) is 10.4. The molecule has 1 unspecified atom stereocenters. The Morgan fingerprint density at radius 1 is 0.660 bits per heavy atom. The second-order valence-electron chi connectivity index (χ2n) is 13.2. The Morgan fingerprint density at radius 2 is 1.13 bits per heavy atom. The molecule has 0 saturated heterocycles. The summed E-state index contributed by atoms with van der Waals surface area (Å²) in [5.74, 6) is 1.46. The highest BCUT2D eigenvalue weighted by Crippen LogP contribution is 2.40. The van der Waals surface area contributed by atoms with Crippen LogP contribution in [0, 0.1) is 0 Å². The summed E-state index contributed by atoms with van der Waals surface area (Å²) >= 11 is 6.54. The summed E-state index contributed by atoms with van der Waals surface area (Å²) in [4.78, 5) is 28.7. The molecule has 1 aliphatic rings. The van der Waals surface area contributed by atoms with Crippen molar-refractivity contribution in [1.82, 2.24) is 28.9 Å². The number of ether oxygens (including phenoxy) is 1. The molecule has 0 fully saturated rings. The molecule has 0 radical (unpaired) electrons. The lowest BCUT2D eigenvalue weighted by Crippen LogP contribution is -2.51. The van der Waals surface area contributed by atoms with Gasteiger partial charge in [0.25, 0.3) is 0 Å². The fourth-order valence-electron chi connectivity index (χ4n) is 7.35. The van der Waals surface area contributed by atoms with Crippen molar-refractivity contribution in [2.75, 3.05) is 6.61 Å². The van der Waals surface area contributed by atoms with Gasteiger partial charge < -0.3 is 23.7 Å². The molecule has 53 heavy (non-hydrogen) atoms. The Balaban J connectivity index is 1.28. The van der Waals surface area contributed by atoms with Crippen LogP contribution in [-0.2, 0) is 35.7 Å². The first-order valence-corrected chi connectivity index (χ1v) is 18.4. The molecule has 3 heterocycles. The van der Waals surface area contributed by atoms with Gasteiger partial charge in [-0.25, -0.2) is 14.8 Å². The molecule has 264 valence electrons. The monoisotopic (exact) mass is 716 g/mol. The molecular formula is C44H40N6O2S. The molecule has 9 heteroatoms. The molecule has 0 aliphatic carbocycles. The van der Waals surface area contributed by atoms with E-state index in [1.165, 1.54) is 0 Å². The lowest BCUT2D eigenvalue weighted by atomic mass is 9.93. The van der Waals surface area contributed by atoms with Gasteiger partial charge >= 0.3 is 5.97 Å². The molecule has 2 aromatic heterocycles. The van der Waals surface area contributed by atoms with Crippen LogP contribution in [0.2, 0.25) is 0 Å². The second-order valence-corrected chi connectivity index (χ2v) is 13.6. The number of carbonyl (C=O) groups is 1. The van der Waals surface area contributed by atoms with E-state index in [1.807, 2.05) is 92.7 Å². The minimum atomic E-state index is -0.506. The summed E-state index contributed by atoms with van der Waals surface area (Å²) in [5.41, 5.74) is 8.37. The van der Waals surface area contributed by atoms with Crippen molar-refractivity contribution in [3.63, 3.8) is 0 Å². The Bertz CT molecular complexity index is 2440. The predicted molar refractivity (Wildman–Crippen MR) is 213 cm³/mol. The Kier molecular flexibility index (Phi) is 9.57. The van der Waals surface area contributed by atoms with Gasteiger partial charge in [0.05, 0.1) is 47.0 Å². The molecule has 1 aliphatic heterocycles. The fourth-order valence-corrected chi connectivity index (χ4v) is 7.71. The number of fused-ring (bicyclic) bond motifs is 2. The van der Waals surface area contributed by atoms with E-state index in [4.69, 9.17) is 26.9 Å². The van der Waals surface area contributed by atoms with E-state index >= 15 is 0 Å². The maximum atomic E-state index is 14.2. The van der Waals surface area contributed by atoms with Crippen LogP contribution in [0.3, 0.4) is 0 Å². The molecule has 7 aromatic rings. The first-order valence-electron chi connectivity index (χ1n) is 18.0. The van der Waals surface area contributed by atoms with E-state index < -0.39 is 6.04 Å². The van der Waals surface area contributed by atoms with Gasteiger partial charge in [-0.1, -0.05) is 115 Å². The van der Waals surface area contributed by atoms with Crippen molar-refractivity contribution in [1.29, 1.82) is 0 Å². The van der Waals surface area contributed by atoms with Crippen LogP contribution in [0.4, 0.5) is 0 Å². The number of esters is 1. The zero-order chi connectivity index (χ0) is 36.3. The normalized spacial score (nSPS) is 14.8. The summed E-state index contributed by atoms with van der Waals surface area (Å²) in [5, 5.41) is 0.594. The topological polar surface area (TPSA) is 68.4 Å². The largest absolute Gasteiger partial charge is 0.463 e. The first kappa shape index (κ1) is 34.0. The van der Waals surface area contributed by atoms with Gasteiger partial charge in [0.1, 0.15) is 18.3 Å². The quantitative estimate of drug-likeness (QED) is 0.0981. The summed E-state index contributed by atoms with van der Waals surface area (Å²) in [6.45, 7) is 4.79. The third kappa shape index (κ3) is 6.71. The van der Waals surface area contributed by atoms with Crippen molar-refractivity contribution < 1.29 is 9.53 Å². The molecule has 0 amide bonds. The average molecular weight is 717 g/mol. The van der Waals surface area contributed by atoms with Crippen molar-refractivity contribution >= 4 is 45.4 Å². The summed E-state index contributed by atoms with van der Waals surface area (Å²) in [7, 11) is 0. The number of para-hydroxylation sites is 4. The molecule has 1 atom stereocenters. The molecule has 0 bridgehead atoms. The maximum Gasteiger partial charge on any atom is 0.338 e. The van der Waals surface area contributed by atoms with Crippen LogP contribution in [0.15, 0.2) is 151 Å². The highest BCUT2D eigenvalue weighted by Gasteiger charge is 2.41. The zero-order valence-electron chi connectivity index (χ0n) is 29.8. The van der Waals surface area contributed by atoms with Crippen LogP contribution >= 0.6 is 12.2 Å². The van der Waals surface area contributed by atoms with Crippen LogP contribution in [0.25, 0.3) is 22.1 Å². The van der Waals surface area contributed by atoms with Gasteiger partial charge in [0.15, 0.2) is 5.11 Å². The van der Waals surface area contributed by atoms with E-state index in [0.29, 0.717) is 36.9 Å².